The van der Waals surface area contributed by atoms with E-state index in [2.05, 4.69) is 28.4 Å². The molecule has 0 fully saturated rings. The SMILES string of the molecule is C=CC(=O)Cl.C=CC(=O)Nc1sc2c(c1-c1nc3cnccc3s1)CCN(C(=O)OC(C)(C)C)C2.CC(C)(C)OC(=O)N1CCc2c(sc(N)c2-c2nc3cnccc3s2)C1. The normalized spacial score (nSPS) is 13.5. The molecule has 2 aliphatic rings. The molecule has 2 aliphatic heterocycles. The number of ether oxygens (including phenoxy) is 2. The van der Waals surface area contributed by atoms with Gasteiger partial charge in [-0.3, -0.25) is 19.6 Å². The lowest BCUT2D eigenvalue weighted by Crippen LogP contribution is -2.39. The number of amides is 3. The van der Waals surface area contributed by atoms with Gasteiger partial charge in [-0.15, -0.1) is 45.3 Å². The molecule has 3 amide bonds. The van der Waals surface area contributed by atoms with E-state index in [9.17, 15) is 19.2 Å². The summed E-state index contributed by atoms with van der Waals surface area (Å²) in [5.41, 5.74) is 11.3. The zero-order valence-corrected chi connectivity index (χ0v) is 38.5. The maximum atomic E-state index is 12.5. The van der Waals surface area contributed by atoms with Gasteiger partial charge in [0.25, 0.3) is 0 Å². The van der Waals surface area contributed by atoms with Crippen LogP contribution >= 0.6 is 56.9 Å². The number of hydrogen-bond acceptors (Lipinski definition) is 15. The molecule has 0 atom stereocenters. The Morgan fingerprint density at radius 3 is 1.66 bits per heavy atom. The summed E-state index contributed by atoms with van der Waals surface area (Å²) in [7, 11) is 0. The number of nitrogen functional groups attached to an aromatic ring is 1. The van der Waals surface area contributed by atoms with E-state index in [1.54, 1.807) is 68.6 Å². The van der Waals surface area contributed by atoms with Crippen LogP contribution in [0.1, 0.15) is 62.4 Å². The molecule has 3 N–H and O–H groups in total. The Hall–Kier alpha value is -5.27. The third-order valence-electron chi connectivity index (χ3n) is 8.83. The van der Waals surface area contributed by atoms with E-state index in [0.29, 0.717) is 32.6 Å². The predicted octanol–water partition coefficient (Wildman–Crippen LogP) is 10.1. The van der Waals surface area contributed by atoms with E-state index in [1.807, 2.05) is 53.7 Å². The summed E-state index contributed by atoms with van der Waals surface area (Å²) in [6.45, 7) is 20.0. The number of carbonyl (C=O) groups excluding carboxylic acids is 4. The van der Waals surface area contributed by atoms with Crippen LogP contribution < -0.4 is 11.1 Å². The van der Waals surface area contributed by atoms with Crippen molar-refractivity contribution in [3.05, 3.63) is 83.1 Å². The molecule has 320 valence electrons. The van der Waals surface area contributed by atoms with Crippen LogP contribution in [-0.4, -0.2) is 77.4 Å². The smallest absolute Gasteiger partial charge is 0.410 e. The number of thiazole rings is 2. The van der Waals surface area contributed by atoms with Crippen molar-refractivity contribution in [2.45, 2.75) is 78.7 Å². The van der Waals surface area contributed by atoms with Crippen molar-refractivity contribution in [3.8, 4) is 21.1 Å². The third kappa shape index (κ3) is 11.2. The van der Waals surface area contributed by atoms with Gasteiger partial charge in [0.05, 0.1) is 39.9 Å². The number of anilines is 2. The zero-order chi connectivity index (χ0) is 44.2. The minimum absolute atomic E-state index is 0.275. The zero-order valence-electron chi connectivity index (χ0n) is 34.5. The second kappa shape index (κ2) is 18.8. The minimum atomic E-state index is -0.546. The van der Waals surface area contributed by atoms with Crippen LogP contribution in [0.2, 0.25) is 0 Å². The van der Waals surface area contributed by atoms with Gasteiger partial charge in [0, 0.05) is 46.4 Å². The lowest BCUT2D eigenvalue weighted by Gasteiger charge is -2.30. The Morgan fingerprint density at radius 1 is 0.754 bits per heavy atom. The van der Waals surface area contributed by atoms with Crippen molar-refractivity contribution in [2.75, 3.05) is 24.1 Å². The average molecular weight is 922 g/mol. The Morgan fingerprint density at radius 2 is 1.21 bits per heavy atom. The summed E-state index contributed by atoms with van der Waals surface area (Å²) < 4.78 is 13.2. The molecular formula is C42H45ClN8O6S4. The van der Waals surface area contributed by atoms with Gasteiger partial charge in [0.1, 0.15) is 37.3 Å². The van der Waals surface area contributed by atoms with Gasteiger partial charge in [-0.05, 0) is 101 Å². The lowest BCUT2D eigenvalue weighted by atomic mass is 10.0. The number of nitrogens with zero attached hydrogens (tertiary/aromatic N) is 6. The van der Waals surface area contributed by atoms with Gasteiger partial charge in [-0.2, -0.15) is 0 Å². The number of fused-ring (bicyclic) bond motifs is 4. The second-order valence-electron chi connectivity index (χ2n) is 15.7. The van der Waals surface area contributed by atoms with E-state index >= 15 is 0 Å². The highest BCUT2D eigenvalue weighted by Gasteiger charge is 2.32. The fourth-order valence-electron chi connectivity index (χ4n) is 6.28. The number of halogens is 1. The van der Waals surface area contributed by atoms with E-state index < -0.39 is 16.4 Å². The van der Waals surface area contributed by atoms with Gasteiger partial charge < -0.3 is 30.3 Å². The van der Waals surface area contributed by atoms with Gasteiger partial charge in [0.2, 0.25) is 11.1 Å². The predicted molar refractivity (Wildman–Crippen MR) is 246 cm³/mol. The third-order valence-corrected chi connectivity index (χ3v) is 13.3. The van der Waals surface area contributed by atoms with E-state index in [1.165, 1.54) is 23.0 Å². The van der Waals surface area contributed by atoms with Crippen LogP contribution in [-0.2, 0) is 45.0 Å². The van der Waals surface area contributed by atoms with Gasteiger partial charge in [0.15, 0.2) is 0 Å². The highest BCUT2D eigenvalue weighted by atomic mass is 35.5. The Balaban J connectivity index is 0.000000185. The summed E-state index contributed by atoms with van der Waals surface area (Å²) in [5, 5.41) is 5.65. The summed E-state index contributed by atoms with van der Waals surface area (Å²) in [5.74, 6) is -0.276. The molecule has 0 saturated heterocycles. The van der Waals surface area contributed by atoms with Gasteiger partial charge in [-0.1, -0.05) is 13.2 Å². The molecule has 8 rings (SSSR count). The maximum absolute atomic E-state index is 12.5. The van der Waals surface area contributed by atoms with Crippen molar-refractivity contribution in [1.82, 2.24) is 29.7 Å². The van der Waals surface area contributed by atoms with Crippen LogP contribution in [0.5, 0.6) is 0 Å². The molecule has 0 radical (unpaired) electrons. The van der Waals surface area contributed by atoms with Gasteiger partial charge >= 0.3 is 12.2 Å². The highest BCUT2D eigenvalue weighted by molar-refractivity contribution is 7.23. The van der Waals surface area contributed by atoms with E-state index in [-0.39, 0.29) is 18.1 Å². The number of rotatable bonds is 5. The number of pyridine rings is 2. The van der Waals surface area contributed by atoms with Crippen molar-refractivity contribution in [1.29, 1.82) is 0 Å². The van der Waals surface area contributed by atoms with Crippen molar-refractivity contribution in [3.63, 3.8) is 0 Å². The summed E-state index contributed by atoms with van der Waals surface area (Å²) in [6, 6.07) is 3.90. The number of nitrogens with two attached hydrogens (primary N) is 1. The standard InChI is InChI=1S/C21H22N4O3S2.C18H20N4O2S2.C3H3ClO/c1-5-16(26)24-19-17(18-23-13-10-22-8-6-14(13)29-18)12-7-9-25(11-15(12)30-19)20(27)28-21(2,3)4;1-18(2,3)24-17(23)22-7-5-10-13(9-22)25-15(19)14(10)16-21-11-8-20-6-4-12(11)26-16;1-2-3(4)5/h5-6,8,10H,1,7,9,11H2,2-4H3,(H,24,26);4,6,8H,5,7,9,19H2,1-3H3;2H,1H2. The fourth-order valence-corrected chi connectivity index (χ4v) is 10.8. The topological polar surface area (TPSA) is 183 Å². The fraction of sp³-hybridized carbons (Fsp3) is 0.333. The summed E-state index contributed by atoms with van der Waals surface area (Å²) in [6.07, 6.45) is 10.1. The number of allylic oxidation sites excluding steroid dienone is 1. The summed E-state index contributed by atoms with van der Waals surface area (Å²) in [4.78, 5) is 69.7. The number of thiophene rings is 2. The van der Waals surface area contributed by atoms with E-state index in [0.717, 1.165) is 79.4 Å². The molecule has 19 heteroatoms. The van der Waals surface area contributed by atoms with Crippen molar-refractivity contribution < 1.29 is 28.7 Å². The van der Waals surface area contributed by atoms with Crippen molar-refractivity contribution in [2.24, 2.45) is 0 Å². The first kappa shape index (κ1) is 45.3. The molecule has 0 saturated carbocycles. The lowest BCUT2D eigenvalue weighted by molar-refractivity contribution is -0.112. The van der Waals surface area contributed by atoms with Crippen LogP contribution in [0.15, 0.2) is 62.2 Å². The number of hydrogen-bond donors (Lipinski definition) is 2. The Kier molecular flexibility index (Phi) is 13.9. The first-order chi connectivity index (χ1) is 28.8. The number of nitrogens with one attached hydrogen (secondary N) is 1. The first-order valence-corrected chi connectivity index (χ1v) is 22.7. The van der Waals surface area contributed by atoms with Crippen LogP contribution in [0.3, 0.4) is 0 Å². The van der Waals surface area contributed by atoms with Gasteiger partial charge in [-0.25, -0.2) is 19.6 Å². The molecule has 8 heterocycles. The van der Waals surface area contributed by atoms with E-state index in [4.69, 9.17) is 36.8 Å². The Labute approximate surface area is 374 Å². The minimum Gasteiger partial charge on any atom is -0.444 e. The molecule has 61 heavy (non-hydrogen) atoms. The quantitative estimate of drug-likeness (QED) is 0.124. The summed E-state index contributed by atoms with van der Waals surface area (Å²) >= 11 is 10.9. The highest BCUT2D eigenvalue weighted by Crippen LogP contribution is 2.46. The number of carbonyl (C=O) groups is 4. The Bertz CT molecular complexity index is 2570. The molecule has 0 bridgehead atoms. The molecule has 0 aliphatic carbocycles. The number of aromatic nitrogens is 4. The van der Waals surface area contributed by atoms with Crippen LogP contribution in [0, 0.1) is 0 Å². The largest absolute Gasteiger partial charge is 0.444 e. The first-order valence-electron chi connectivity index (χ1n) is 19.0. The average Bonchev–Trinajstić information content (AvgIpc) is 3.97. The molecule has 6 aromatic rings. The molecule has 6 aromatic heterocycles. The molecule has 14 nitrogen and oxygen atoms in total. The monoisotopic (exact) mass is 920 g/mol. The molecular weight excluding hydrogens is 876 g/mol. The van der Waals surface area contributed by atoms with Crippen LogP contribution in [0.4, 0.5) is 19.6 Å². The van der Waals surface area contributed by atoms with Crippen LogP contribution in [0.25, 0.3) is 41.6 Å². The molecule has 0 aromatic carbocycles. The maximum Gasteiger partial charge on any atom is 0.410 e. The molecule has 0 spiro atoms. The van der Waals surface area contributed by atoms with Crippen molar-refractivity contribution >= 4 is 111 Å². The second-order valence-corrected chi connectivity index (χ2v) is 20.4. The molecule has 0 unspecified atom stereocenters.